The number of carbonyl (C=O) groups excluding carboxylic acids is 1. The minimum Gasteiger partial charge on any atom is -0.477 e. The van der Waals surface area contributed by atoms with Gasteiger partial charge in [0, 0.05) is 11.3 Å². The van der Waals surface area contributed by atoms with E-state index in [0.29, 0.717) is 5.25 Å². The van der Waals surface area contributed by atoms with E-state index >= 15 is 0 Å². The van der Waals surface area contributed by atoms with Gasteiger partial charge in [0.15, 0.2) is 11.4 Å². The standard InChI is InChI=1S/C11H15N3O3S/c1-18-7-3-2-6(4-7)14-10(15)8-9(11(16)17)13-5-12-8/h5-7H,2-4H2,1H3,(H,12,13)(H,14,15)(H,16,17). The van der Waals surface area contributed by atoms with Gasteiger partial charge in [-0.2, -0.15) is 11.8 Å². The lowest BCUT2D eigenvalue weighted by Crippen LogP contribution is -2.34. The van der Waals surface area contributed by atoms with Gasteiger partial charge in [0.2, 0.25) is 0 Å². The Kier molecular flexibility index (Phi) is 3.90. The van der Waals surface area contributed by atoms with E-state index in [1.807, 2.05) is 0 Å². The second-order valence-corrected chi connectivity index (χ2v) is 5.41. The summed E-state index contributed by atoms with van der Waals surface area (Å²) in [6.07, 6.45) is 6.23. The molecule has 1 amide bonds. The number of thioether (sulfide) groups is 1. The zero-order chi connectivity index (χ0) is 13.1. The first-order chi connectivity index (χ1) is 8.61. The highest BCUT2D eigenvalue weighted by Gasteiger charge is 2.27. The third-order valence-electron chi connectivity index (χ3n) is 3.12. The first kappa shape index (κ1) is 12.9. The van der Waals surface area contributed by atoms with E-state index in [2.05, 4.69) is 21.5 Å². The van der Waals surface area contributed by atoms with E-state index in [4.69, 9.17) is 5.11 Å². The van der Waals surface area contributed by atoms with Crippen LogP contribution >= 0.6 is 11.8 Å². The maximum absolute atomic E-state index is 11.9. The molecule has 1 saturated carbocycles. The smallest absolute Gasteiger partial charge is 0.354 e. The summed E-state index contributed by atoms with van der Waals surface area (Å²) in [6, 6.07) is 0.119. The summed E-state index contributed by atoms with van der Waals surface area (Å²) in [5.41, 5.74) is -0.206. The predicted molar refractivity (Wildman–Crippen MR) is 68.0 cm³/mol. The summed E-state index contributed by atoms with van der Waals surface area (Å²) in [4.78, 5) is 29.0. The summed E-state index contributed by atoms with van der Waals surface area (Å²) in [5.74, 6) is -1.59. The Morgan fingerprint density at radius 3 is 2.94 bits per heavy atom. The van der Waals surface area contributed by atoms with E-state index in [1.165, 1.54) is 6.33 Å². The lowest BCUT2D eigenvalue weighted by atomic mass is 10.2. The number of nitrogens with one attached hydrogen (secondary N) is 2. The van der Waals surface area contributed by atoms with Gasteiger partial charge in [-0.25, -0.2) is 9.78 Å². The number of hydrogen-bond donors (Lipinski definition) is 3. The number of aromatic carboxylic acids is 1. The average molecular weight is 269 g/mol. The fourth-order valence-electron chi connectivity index (χ4n) is 2.17. The number of carboxylic acids is 1. The number of amides is 1. The third-order valence-corrected chi connectivity index (χ3v) is 4.22. The summed E-state index contributed by atoms with van der Waals surface area (Å²) < 4.78 is 0. The lowest BCUT2D eigenvalue weighted by molar-refractivity contribution is 0.0684. The highest BCUT2D eigenvalue weighted by atomic mass is 32.2. The van der Waals surface area contributed by atoms with Crippen molar-refractivity contribution in [1.29, 1.82) is 0 Å². The Hall–Kier alpha value is -1.50. The molecule has 1 aromatic rings. The first-order valence-electron chi connectivity index (χ1n) is 5.72. The van der Waals surface area contributed by atoms with Crippen LogP contribution in [0.2, 0.25) is 0 Å². The second-order valence-electron chi connectivity index (χ2n) is 4.27. The van der Waals surface area contributed by atoms with Crippen molar-refractivity contribution in [3.63, 3.8) is 0 Å². The number of nitrogens with zero attached hydrogens (tertiary/aromatic N) is 1. The molecule has 0 bridgehead atoms. The molecule has 0 radical (unpaired) electrons. The van der Waals surface area contributed by atoms with Gasteiger partial charge >= 0.3 is 5.97 Å². The van der Waals surface area contributed by atoms with Crippen molar-refractivity contribution in [2.75, 3.05) is 6.26 Å². The molecule has 0 aromatic carbocycles. The van der Waals surface area contributed by atoms with Crippen molar-refractivity contribution >= 4 is 23.6 Å². The number of hydrogen-bond acceptors (Lipinski definition) is 4. The molecule has 0 aliphatic heterocycles. The van der Waals surface area contributed by atoms with Crippen molar-refractivity contribution in [3.05, 3.63) is 17.7 Å². The van der Waals surface area contributed by atoms with Crippen molar-refractivity contribution in [1.82, 2.24) is 15.3 Å². The van der Waals surface area contributed by atoms with E-state index in [1.54, 1.807) is 11.8 Å². The topological polar surface area (TPSA) is 95.1 Å². The number of carbonyl (C=O) groups is 2. The number of aromatic amines is 1. The van der Waals surface area contributed by atoms with Gasteiger partial charge in [-0.3, -0.25) is 4.79 Å². The van der Waals surface area contributed by atoms with Crippen molar-refractivity contribution in [2.24, 2.45) is 0 Å². The molecule has 2 rings (SSSR count). The number of imidazole rings is 1. The van der Waals surface area contributed by atoms with Crippen LogP contribution in [0.4, 0.5) is 0 Å². The Morgan fingerprint density at radius 1 is 1.56 bits per heavy atom. The van der Waals surface area contributed by atoms with Crippen LogP contribution in [0.3, 0.4) is 0 Å². The zero-order valence-electron chi connectivity index (χ0n) is 9.97. The summed E-state index contributed by atoms with van der Waals surface area (Å²) in [6.45, 7) is 0. The average Bonchev–Trinajstić information content (AvgIpc) is 2.96. The molecule has 18 heavy (non-hydrogen) atoms. The van der Waals surface area contributed by atoms with E-state index in [-0.39, 0.29) is 17.4 Å². The highest BCUT2D eigenvalue weighted by Crippen LogP contribution is 2.28. The number of rotatable bonds is 4. The fourth-order valence-corrected chi connectivity index (χ4v) is 2.97. The predicted octanol–water partition coefficient (Wildman–Crippen LogP) is 1.12. The maximum atomic E-state index is 11.9. The molecule has 2 atom stereocenters. The highest BCUT2D eigenvalue weighted by molar-refractivity contribution is 7.99. The molecular formula is C11H15N3O3S. The van der Waals surface area contributed by atoms with Crippen LogP contribution in [0.15, 0.2) is 6.33 Å². The fraction of sp³-hybridized carbons (Fsp3) is 0.545. The molecule has 6 nitrogen and oxygen atoms in total. The Labute approximate surface area is 109 Å². The van der Waals surface area contributed by atoms with Crippen LogP contribution in [-0.2, 0) is 0 Å². The maximum Gasteiger partial charge on any atom is 0.354 e. The van der Waals surface area contributed by atoms with Gasteiger partial charge in [0.25, 0.3) is 5.91 Å². The van der Waals surface area contributed by atoms with Crippen molar-refractivity contribution in [3.8, 4) is 0 Å². The molecule has 1 aliphatic rings. The molecule has 0 saturated heterocycles. The Bertz CT molecular complexity index is 460. The number of aromatic nitrogens is 2. The van der Waals surface area contributed by atoms with Gasteiger partial charge in [-0.1, -0.05) is 0 Å². The first-order valence-corrected chi connectivity index (χ1v) is 7.01. The molecule has 1 aromatic heterocycles. The Balaban J connectivity index is 2.00. The van der Waals surface area contributed by atoms with Gasteiger partial charge in [-0.15, -0.1) is 0 Å². The normalized spacial score (nSPS) is 22.9. The molecule has 0 spiro atoms. The van der Waals surface area contributed by atoms with E-state index < -0.39 is 11.9 Å². The molecule has 1 heterocycles. The number of carboxylic acid groups (broad SMARTS) is 1. The Morgan fingerprint density at radius 2 is 2.33 bits per heavy atom. The van der Waals surface area contributed by atoms with E-state index in [0.717, 1.165) is 19.3 Å². The summed E-state index contributed by atoms with van der Waals surface area (Å²) in [5, 5.41) is 12.3. The van der Waals surface area contributed by atoms with Crippen LogP contribution in [0, 0.1) is 0 Å². The van der Waals surface area contributed by atoms with Crippen molar-refractivity contribution in [2.45, 2.75) is 30.6 Å². The molecule has 7 heteroatoms. The third kappa shape index (κ3) is 2.66. The molecule has 1 fully saturated rings. The van der Waals surface area contributed by atoms with Gasteiger partial charge in [0.05, 0.1) is 6.33 Å². The molecular weight excluding hydrogens is 254 g/mol. The minimum atomic E-state index is -1.17. The molecule has 1 aliphatic carbocycles. The molecule has 3 N–H and O–H groups in total. The molecule has 98 valence electrons. The van der Waals surface area contributed by atoms with Gasteiger partial charge in [-0.05, 0) is 25.5 Å². The van der Waals surface area contributed by atoms with Crippen molar-refractivity contribution < 1.29 is 14.7 Å². The monoisotopic (exact) mass is 269 g/mol. The minimum absolute atomic E-state index is 0.0462. The van der Waals surface area contributed by atoms with Gasteiger partial charge in [0.1, 0.15) is 0 Å². The quantitative estimate of drug-likeness (QED) is 0.761. The summed E-state index contributed by atoms with van der Waals surface area (Å²) in [7, 11) is 0. The van der Waals surface area contributed by atoms with Crippen LogP contribution < -0.4 is 5.32 Å². The zero-order valence-corrected chi connectivity index (χ0v) is 10.8. The van der Waals surface area contributed by atoms with Gasteiger partial charge < -0.3 is 15.4 Å². The molecule has 2 unspecified atom stereocenters. The lowest BCUT2D eigenvalue weighted by Gasteiger charge is -2.11. The largest absolute Gasteiger partial charge is 0.477 e. The van der Waals surface area contributed by atoms with Crippen LogP contribution in [0.5, 0.6) is 0 Å². The number of H-pyrrole nitrogens is 1. The van der Waals surface area contributed by atoms with Crippen LogP contribution in [0.1, 0.15) is 40.2 Å². The summed E-state index contributed by atoms with van der Waals surface area (Å²) >= 11 is 1.80. The van der Waals surface area contributed by atoms with Crippen LogP contribution in [0.25, 0.3) is 0 Å². The second kappa shape index (κ2) is 5.43. The SMILES string of the molecule is CSC1CCC(NC(=O)c2nc[nH]c2C(=O)O)C1. The van der Waals surface area contributed by atoms with E-state index in [9.17, 15) is 9.59 Å². The van der Waals surface area contributed by atoms with Crippen LogP contribution in [-0.4, -0.2) is 44.5 Å².